The molecule has 4 bridgehead atoms. The molecule has 0 saturated heterocycles. The van der Waals surface area contributed by atoms with Crippen LogP contribution in [-0.2, 0) is 5.41 Å². The molecule has 5 heteroatoms. The van der Waals surface area contributed by atoms with Crippen molar-refractivity contribution in [2.75, 3.05) is 7.11 Å². The largest absolute Gasteiger partial charge is 0.496 e. The first-order chi connectivity index (χ1) is 14.5. The highest BCUT2D eigenvalue weighted by Gasteiger charge is 2.52. The number of carbonyl (C=O) groups is 1. The zero-order valence-electron chi connectivity index (χ0n) is 17.3. The Kier molecular flexibility index (Phi) is 4.57. The fourth-order valence-electron chi connectivity index (χ4n) is 6.67. The quantitative estimate of drug-likeness (QED) is 0.548. The van der Waals surface area contributed by atoms with E-state index >= 15 is 0 Å². The third kappa shape index (κ3) is 3.17. The Morgan fingerprint density at radius 1 is 1.07 bits per heavy atom. The van der Waals surface area contributed by atoms with Crippen LogP contribution >= 0.6 is 0 Å². The highest BCUT2D eigenvalue weighted by atomic mass is 16.5. The predicted molar refractivity (Wildman–Crippen MR) is 117 cm³/mol. The summed E-state index contributed by atoms with van der Waals surface area (Å²) in [6.07, 6.45) is 7.86. The molecule has 2 aromatic rings. The highest BCUT2D eigenvalue weighted by molar-refractivity contribution is 6.02. The summed E-state index contributed by atoms with van der Waals surface area (Å²) in [5.41, 5.74) is 9.14. The first-order valence-electron chi connectivity index (χ1n) is 10.8. The smallest absolute Gasteiger partial charge is 0.337 e. The molecule has 0 amide bonds. The Bertz CT molecular complexity index is 992. The van der Waals surface area contributed by atoms with Gasteiger partial charge in [0.05, 0.1) is 18.4 Å². The summed E-state index contributed by atoms with van der Waals surface area (Å²) in [6, 6.07) is 12.8. The summed E-state index contributed by atoms with van der Waals surface area (Å²) in [5.74, 6) is 2.75. The zero-order chi connectivity index (χ0) is 20.9. The molecule has 3 N–H and O–H groups in total. The second-order valence-electron chi connectivity index (χ2n) is 9.43. The third-order valence-corrected chi connectivity index (χ3v) is 7.48. The average Bonchev–Trinajstić information content (AvgIpc) is 2.72. The van der Waals surface area contributed by atoms with Crippen molar-refractivity contribution in [3.63, 3.8) is 0 Å². The summed E-state index contributed by atoms with van der Waals surface area (Å²) in [6.45, 7) is 0. The van der Waals surface area contributed by atoms with Crippen LogP contribution in [0.1, 0.15) is 60.0 Å². The van der Waals surface area contributed by atoms with Crippen LogP contribution in [0.5, 0.6) is 5.75 Å². The lowest BCUT2D eigenvalue weighted by molar-refractivity contribution is -0.00616. The van der Waals surface area contributed by atoms with E-state index in [0.29, 0.717) is 11.5 Å². The number of carboxylic acid groups (broad SMARTS) is 1. The number of methoxy groups -OCH3 is 1. The lowest BCUT2D eigenvalue weighted by Crippen LogP contribution is -2.48. The SMILES string of the molecule is COc1ccc(C(N)=Nc2ccccc2C(=O)O)cc1C12CC3CC(CC(C3)C1)C2. The van der Waals surface area contributed by atoms with Crippen molar-refractivity contribution in [1.82, 2.24) is 0 Å². The molecule has 0 aliphatic heterocycles. The van der Waals surface area contributed by atoms with Gasteiger partial charge in [0.15, 0.2) is 0 Å². The van der Waals surface area contributed by atoms with Crippen LogP contribution in [0.3, 0.4) is 0 Å². The number of rotatable bonds is 5. The van der Waals surface area contributed by atoms with Crippen molar-refractivity contribution in [3.8, 4) is 5.75 Å². The Balaban J connectivity index is 1.55. The highest BCUT2D eigenvalue weighted by Crippen LogP contribution is 2.61. The standard InChI is InChI=1S/C25H28N2O3/c1-30-22-7-6-18(23(26)27-21-5-3-2-4-19(21)24(28)29)11-20(22)25-12-15-8-16(13-25)10-17(9-15)14-25/h2-7,11,15-17H,8-10,12-14H2,1H3,(H2,26,27)(H,28,29). The van der Waals surface area contributed by atoms with Crippen LogP contribution in [0.4, 0.5) is 5.69 Å². The van der Waals surface area contributed by atoms with Crippen molar-refractivity contribution in [3.05, 3.63) is 59.2 Å². The average molecular weight is 405 g/mol. The number of nitrogens with zero attached hydrogens (tertiary/aromatic N) is 1. The van der Waals surface area contributed by atoms with Gasteiger partial charge in [0, 0.05) is 11.1 Å². The summed E-state index contributed by atoms with van der Waals surface area (Å²) < 4.78 is 5.78. The van der Waals surface area contributed by atoms with Gasteiger partial charge in [-0.2, -0.15) is 0 Å². The van der Waals surface area contributed by atoms with Gasteiger partial charge >= 0.3 is 5.97 Å². The van der Waals surface area contributed by atoms with Crippen LogP contribution < -0.4 is 10.5 Å². The number of aromatic carboxylic acids is 1. The number of amidine groups is 1. The topological polar surface area (TPSA) is 84.9 Å². The van der Waals surface area contributed by atoms with Crippen molar-refractivity contribution < 1.29 is 14.6 Å². The molecule has 0 atom stereocenters. The van der Waals surface area contributed by atoms with Gasteiger partial charge in [-0.25, -0.2) is 9.79 Å². The van der Waals surface area contributed by atoms with Crippen molar-refractivity contribution >= 4 is 17.5 Å². The van der Waals surface area contributed by atoms with Gasteiger partial charge in [0.25, 0.3) is 0 Å². The van der Waals surface area contributed by atoms with Crippen LogP contribution in [0, 0.1) is 17.8 Å². The van der Waals surface area contributed by atoms with Crippen molar-refractivity contribution in [2.45, 2.75) is 43.9 Å². The minimum Gasteiger partial charge on any atom is -0.496 e. The Labute approximate surface area is 177 Å². The van der Waals surface area contributed by atoms with E-state index in [0.717, 1.165) is 29.1 Å². The lowest BCUT2D eigenvalue weighted by atomic mass is 9.48. The molecule has 0 spiro atoms. The van der Waals surface area contributed by atoms with E-state index in [9.17, 15) is 9.90 Å². The second-order valence-corrected chi connectivity index (χ2v) is 9.43. The van der Waals surface area contributed by atoms with Gasteiger partial charge in [-0.05, 0) is 92.0 Å². The number of hydrogen-bond acceptors (Lipinski definition) is 3. The van der Waals surface area contributed by atoms with Gasteiger partial charge in [0.2, 0.25) is 0 Å². The molecule has 5 nitrogen and oxygen atoms in total. The summed E-state index contributed by atoms with van der Waals surface area (Å²) >= 11 is 0. The second kappa shape index (κ2) is 7.15. The van der Waals surface area contributed by atoms with E-state index in [2.05, 4.69) is 11.1 Å². The summed E-state index contributed by atoms with van der Waals surface area (Å²) in [5, 5.41) is 9.43. The van der Waals surface area contributed by atoms with Gasteiger partial charge in [-0.1, -0.05) is 12.1 Å². The molecule has 4 aliphatic carbocycles. The van der Waals surface area contributed by atoms with Gasteiger partial charge < -0.3 is 15.6 Å². The summed E-state index contributed by atoms with van der Waals surface area (Å²) in [7, 11) is 1.74. The van der Waals surface area contributed by atoms with Gasteiger partial charge in [0.1, 0.15) is 11.6 Å². The molecular weight excluding hydrogens is 376 g/mol. The molecule has 6 rings (SSSR count). The zero-order valence-corrected chi connectivity index (χ0v) is 17.3. The van der Waals surface area contributed by atoms with Gasteiger partial charge in [-0.15, -0.1) is 0 Å². The molecule has 0 radical (unpaired) electrons. The number of nitrogens with two attached hydrogens (primary N) is 1. The van der Waals surface area contributed by atoms with E-state index < -0.39 is 5.97 Å². The summed E-state index contributed by atoms with van der Waals surface area (Å²) in [4.78, 5) is 16.0. The number of aliphatic imine (C=N–C) groups is 1. The molecule has 30 heavy (non-hydrogen) atoms. The number of carboxylic acids is 1. The van der Waals surface area contributed by atoms with E-state index in [1.165, 1.54) is 44.1 Å². The first-order valence-corrected chi connectivity index (χ1v) is 10.8. The number of ether oxygens (including phenoxy) is 1. The Morgan fingerprint density at radius 2 is 1.70 bits per heavy atom. The molecule has 2 aromatic carbocycles. The predicted octanol–water partition coefficient (Wildman–Crippen LogP) is 4.90. The Hall–Kier alpha value is -2.82. The van der Waals surface area contributed by atoms with E-state index in [-0.39, 0.29) is 11.0 Å². The van der Waals surface area contributed by atoms with Crippen LogP contribution in [-0.4, -0.2) is 24.0 Å². The molecule has 0 heterocycles. The maximum absolute atomic E-state index is 11.5. The lowest BCUT2D eigenvalue weighted by Gasteiger charge is -2.57. The molecule has 4 aliphatic rings. The van der Waals surface area contributed by atoms with Gasteiger partial charge in [-0.3, -0.25) is 0 Å². The van der Waals surface area contributed by atoms with Crippen molar-refractivity contribution in [2.24, 2.45) is 28.5 Å². The Morgan fingerprint density at radius 3 is 2.30 bits per heavy atom. The van der Waals surface area contributed by atoms with Crippen LogP contribution in [0.15, 0.2) is 47.5 Å². The number of hydrogen-bond donors (Lipinski definition) is 2. The monoisotopic (exact) mass is 404 g/mol. The van der Waals surface area contributed by atoms with E-state index in [1.807, 2.05) is 12.1 Å². The van der Waals surface area contributed by atoms with Crippen LogP contribution in [0.25, 0.3) is 0 Å². The van der Waals surface area contributed by atoms with E-state index in [1.54, 1.807) is 31.4 Å². The number of benzene rings is 2. The minimum absolute atomic E-state index is 0.148. The normalized spacial score (nSPS) is 29.8. The minimum atomic E-state index is -1.01. The molecule has 4 saturated carbocycles. The molecule has 0 unspecified atom stereocenters. The maximum atomic E-state index is 11.5. The van der Waals surface area contributed by atoms with Crippen molar-refractivity contribution in [1.29, 1.82) is 0 Å². The molecule has 156 valence electrons. The fourth-order valence-corrected chi connectivity index (χ4v) is 6.67. The fraction of sp³-hybridized carbons (Fsp3) is 0.440. The maximum Gasteiger partial charge on any atom is 0.337 e. The van der Waals surface area contributed by atoms with E-state index in [4.69, 9.17) is 10.5 Å². The molecule has 4 fully saturated rings. The van der Waals surface area contributed by atoms with Crippen LogP contribution in [0.2, 0.25) is 0 Å². The molecule has 0 aromatic heterocycles. The molecular formula is C25H28N2O3. The number of para-hydroxylation sites is 1. The third-order valence-electron chi connectivity index (χ3n) is 7.48. The first kappa shape index (κ1) is 19.2.